The maximum absolute atomic E-state index is 13.2. The largest absolute Gasteiger partial charge is 0.486 e. The highest BCUT2D eigenvalue weighted by Gasteiger charge is 2.31. The Bertz CT molecular complexity index is 1430. The molecule has 4 aromatic rings. The van der Waals surface area contributed by atoms with E-state index in [0.29, 0.717) is 16.9 Å². The van der Waals surface area contributed by atoms with E-state index < -0.39 is 47.5 Å². The van der Waals surface area contributed by atoms with Crippen LogP contribution < -0.4 is 4.74 Å². The third kappa shape index (κ3) is 6.21. The third-order valence-corrected chi connectivity index (χ3v) is 6.28. The van der Waals surface area contributed by atoms with Gasteiger partial charge in [0.1, 0.15) is 24.3 Å². The minimum atomic E-state index is -4.54. The van der Waals surface area contributed by atoms with Crippen LogP contribution in [0.25, 0.3) is 10.2 Å². The first-order valence-corrected chi connectivity index (χ1v) is 11.5. The van der Waals surface area contributed by atoms with Gasteiger partial charge in [0.05, 0.1) is 15.8 Å². The van der Waals surface area contributed by atoms with Gasteiger partial charge >= 0.3 is 18.3 Å². The van der Waals surface area contributed by atoms with Gasteiger partial charge < -0.3 is 9.47 Å². The van der Waals surface area contributed by atoms with Crippen LogP contribution in [-0.2, 0) is 30.3 Å². The van der Waals surface area contributed by atoms with Gasteiger partial charge in [0.25, 0.3) is 6.43 Å². The summed E-state index contributed by atoms with van der Waals surface area (Å²) in [5, 5.41) is -0.533. The lowest BCUT2D eigenvalue weighted by Crippen LogP contribution is -2.10. The lowest BCUT2D eigenvalue weighted by Gasteiger charge is -2.13. The van der Waals surface area contributed by atoms with Gasteiger partial charge in [-0.1, -0.05) is 24.3 Å². The van der Waals surface area contributed by atoms with Gasteiger partial charge in [-0.2, -0.15) is 26.3 Å². The Morgan fingerprint density at radius 2 is 1.32 bits per heavy atom. The Morgan fingerprint density at radius 1 is 0.789 bits per heavy atom. The molecule has 0 N–H and O–H groups in total. The van der Waals surface area contributed by atoms with Crippen molar-refractivity contribution < 1.29 is 49.4 Å². The normalized spacial score (nSPS) is 12.2. The summed E-state index contributed by atoms with van der Waals surface area (Å²) in [5.41, 5.74) is -1.48. The van der Waals surface area contributed by atoms with Crippen molar-refractivity contribution in [3.63, 3.8) is 0 Å². The van der Waals surface area contributed by atoms with Crippen molar-refractivity contribution in [2.75, 3.05) is 0 Å². The molecule has 0 radical (unpaired) electrons. The predicted octanol–water partition coefficient (Wildman–Crippen LogP) is 8.21. The molecule has 0 saturated heterocycles. The molecule has 13 heteroatoms. The van der Waals surface area contributed by atoms with Gasteiger partial charge in [-0.25, -0.2) is 18.6 Å². The lowest BCUT2D eigenvalue weighted by molar-refractivity contribution is -0.138. The maximum atomic E-state index is 13.2. The van der Waals surface area contributed by atoms with E-state index in [2.05, 4.69) is 4.98 Å². The number of ether oxygens (including phenoxy) is 2. The number of halogens is 8. The molecule has 0 aliphatic heterocycles. The Hall–Kier alpha value is -3.74. The summed E-state index contributed by atoms with van der Waals surface area (Å²) in [6.07, 6.45) is -12.0. The molecule has 0 atom stereocenters. The van der Waals surface area contributed by atoms with Crippen LogP contribution in [-0.4, -0.2) is 11.0 Å². The molecule has 0 aliphatic carbocycles. The molecule has 0 bridgehead atoms. The number of carbonyl (C=O) groups excluding carboxylic acids is 1. The molecule has 0 aliphatic rings. The Kier molecular flexibility index (Phi) is 7.58. The number of carbonyl (C=O) groups is 1. The van der Waals surface area contributed by atoms with E-state index in [1.54, 1.807) is 0 Å². The van der Waals surface area contributed by atoms with Gasteiger partial charge in [0.2, 0.25) is 0 Å². The van der Waals surface area contributed by atoms with Crippen molar-refractivity contribution in [2.45, 2.75) is 32.0 Å². The fourth-order valence-electron chi connectivity index (χ4n) is 3.35. The topological polar surface area (TPSA) is 48.4 Å². The van der Waals surface area contributed by atoms with Gasteiger partial charge in [0, 0.05) is 0 Å². The van der Waals surface area contributed by atoms with E-state index >= 15 is 0 Å². The minimum absolute atomic E-state index is 0.0683. The zero-order chi connectivity index (χ0) is 27.7. The van der Waals surface area contributed by atoms with Crippen molar-refractivity contribution >= 4 is 27.5 Å². The Labute approximate surface area is 213 Å². The zero-order valence-corrected chi connectivity index (χ0v) is 19.7. The Balaban J connectivity index is 1.58. The standard InChI is InChI=1S/C25H15F8NO3S/c26-21(27)22-34-19-18(38-22)10-9-17(20(19)36-11-13-1-5-15(6-2-13)24(28,29)30)23(35)37-12-14-3-7-16(8-4-14)25(31,32)33/h1-10,21H,11-12H2. The molecule has 0 spiro atoms. The molecule has 0 unspecified atom stereocenters. The molecular formula is C25H15F8NO3S. The SMILES string of the molecule is O=C(OCc1ccc(C(F)(F)F)cc1)c1ccc2sc(C(F)F)nc2c1OCc1ccc(C(F)(F)F)cc1. The smallest absolute Gasteiger partial charge is 0.416 e. The number of fused-ring (bicyclic) bond motifs is 1. The highest BCUT2D eigenvalue weighted by Crippen LogP contribution is 2.37. The van der Waals surface area contributed by atoms with Crippen molar-refractivity contribution in [3.05, 3.63) is 93.5 Å². The minimum Gasteiger partial charge on any atom is -0.486 e. The number of benzene rings is 3. The zero-order valence-electron chi connectivity index (χ0n) is 18.9. The fourth-order valence-corrected chi connectivity index (χ4v) is 4.17. The summed E-state index contributed by atoms with van der Waals surface area (Å²) < 4.78 is 114. The van der Waals surface area contributed by atoms with Gasteiger partial charge in [-0.05, 0) is 47.5 Å². The fraction of sp³-hybridized carbons (Fsp3) is 0.200. The van der Waals surface area contributed by atoms with Crippen LogP contribution in [0.2, 0.25) is 0 Å². The maximum Gasteiger partial charge on any atom is 0.416 e. The Morgan fingerprint density at radius 3 is 1.82 bits per heavy atom. The second-order valence-electron chi connectivity index (χ2n) is 7.90. The first-order valence-electron chi connectivity index (χ1n) is 10.7. The highest BCUT2D eigenvalue weighted by molar-refractivity contribution is 7.18. The first-order chi connectivity index (χ1) is 17.8. The number of rotatable bonds is 7. The molecule has 0 amide bonds. The summed E-state index contributed by atoms with van der Waals surface area (Å²) >= 11 is 0.670. The summed E-state index contributed by atoms with van der Waals surface area (Å²) in [7, 11) is 0. The number of thiazole rings is 1. The number of alkyl halides is 8. The summed E-state index contributed by atoms with van der Waals surface area (Å²) in [6.45, 7) is -0.718. The van der Waals surface area contributed by atoms with E-state index in [0.717, 1.165) is 48.5 Å². The highest BCUT2D eigenvalue weighted by atomic mass is 32.1. The second-order valence-corrected chi connectivity index (χ2v) is 8.96. The third-order valence-electron chi connectivity index (χ3n) is 5.25. The van der Waals surface area contributed by atoms with Crippen LogP contribution in [0.3, 0.4) is 0 Å². The molecule has 38 heavy (non-hydrogen) atoms. The lowest BCUT2D eigenvalue weighted by atomic mass is 10.1. The molecule has 4 nitrogen and oxygen atoms in total. The number of esters is 1. The molecule has 4 rings (SSSR count). The molecule has 0 saturated carbocycles. The molecule has 1 aromatic heterocycles. The number of aromatic nitrogens is 1. The summed E-state index contributed by atoms with van der Waals surface area (Å²) in [6, 6.07) is 10.6. The van der Waals surface area contributed by atoms with Crippen molar-refractivity contribution in [1.82, 2.24) is 4.98 Å². The van der Waals surface area contributed by atoms with Crippen molar-refractivity contribution in [2.24, 2.45) is 0 Å². The van der Waals surface area contributed by atoms with Gasteiger partial charge in [-0.15, -0.1) is 11.3 Å². The number of hydrogen-bond acceptors (Lipinski definition) is 5. The molecule has 1 heterocycles. The van der Waals surface area contributed by atoms with Crippen molar-refractivity contribution in [3.8, 4) is 5.75 Å². The predicted molar refractivity (Wildman–Crippen MR) is 121 cm³/mol. The molecule has 3 aromatic carbocycles. The van der Waals surface area contributed by atoms with Crippen LogP contribution in [0.5, 0.6) is 5.75 Å². The number of nitrogens with zero attached hydrogens (tertiary/aromatic N) is 1. The monoisotopic (exact) mass is 561 g/mol. The van der Waals surface area contributed by atoms with E-state index in [1.807, 2.05) is 0 Å². The van der Waals surface area contributed by atoms with E-state index in [9.17, 15) is 39.9 Å². The van der Waals surface area contributed by atoms with Crippen LogP contribution in [0.4, 0.5) is 35.1 Å². The van der Waals surface area contributed by atoms with E-state index in [-0.39, 0.29) is 33.7 Å². The quantitative estimate of drug-likeness (QED) is 0.169. The van der Waals surface area contributed by atoms with Crippen LogP contribution in [0.15, 0.2) is 60.7 Å². The van der Waals surface area contributed by atoms with E-state index in [1.165, 1.54) is 12.1 Å². The molecule has 200 valence electrons. The molecule has 0 fully saturated rings. The van der Waals surface area contributed by atoms with Crippen LogP contribution >= 0.6 is 11.3 Å². The van der Waals surface area contributed by atoms with E-state index in [4.69, 9.17) is 9.47 Å². The molecular weight excluding hydrogens is 546 g/mol. The summed E-state index contributed by atoms with van der Waals surface area (Å²) in [4.78, 5) is 16.7. The summed E-state index contributed by atoms with van der Waals surface area (Å²) in [5.74, 6) is -1.19. The second kappa shape index (κ2) is 10.6. The average Bonchev–Trinajstić information content (AvgIpc) is 3.30. The van der Waals surface area contributed by atoms with Crippen LogP contribution in [0.1, 0.15) is 44.0 Å². The van der Waals surface area contributed by atoms with Gasteiger partial charge in [-0.3, -0.25) is 0 Å². The van der Waals surface area contributed by atoms with Crippen molar-refractivity contribution in [1.29, 1.82) is 0 Å². The first kappa shape index (κ1) is 27.3. The average molecular weight is 561 g/mol. The van der Waals surface area contributed by atoms with Crippen LogP contribution in [0, 0.1) is 0 Å². The number of hydrogen-bond donors (Lipinski definition) is 0. The van der Waals surface area contributed by atoms with Gasteiger partial charge in [0.15, 0.2) is 10.8 Å².